The highest BCUT2D eigenvalue weighted by Crippen LogP contribution is 2.36. The van der Waals surface area contributed by atoms with Crippen molar-refractivity contribution in [2.75, 3.05) is 19.8 Å². The first-order valence-corrected chi connectivity index (χ1v) is 17.4. The Morgan fingerprint density at radius 2 is 1.08 bits per heavy atom. The van der Waals surface area contributed by atoms with E-state index >= 15 is 0 Å². The van der Waals surface area contributed by atoms with E-state index in [9.17, 15) is 0 Å². The van der Waals surface area contributed by atoms with Gasteiger partial charge in [0.15, 0.2) is 0 Å². The maximum Gasteiger partial charge on any atom is 0.261 e. The molecule has 0 saturated carbocycles. The highest BCUT2D eigenvalue weighted by Gasteiger charge is 2.49. The predicted octanol–water partition coefficient (Wildman–Crippen LogP) is 9.23. The third kappa shape index (κ3) is 11.6. The minimum atomic E-state index is -2.38. The van der Waals surface area contributed by atoms with Crippen LogP contribution in [-0.2, 0) is 9.16 Å². The molecule has 212 valence electrons. The van der Waals surface area contributed by atoms with E-state index in [2.05, 4.69) is 101 Å². The fourth-order valence-corrected chi connectivity index (χ4v) is 9.96. The zero-order valence-corrected chi connectivity index (χ0v) is 26.1. The second kappa shape index (κ2) is 19.4. The van der Waals surface area contributed by atoms with E-state index in [-0.39, 0.29) is 5.04 Å². The molecule has 0 saturated heterocycles. The van der Waals surface area contributed by atoms with Crippen LogP contribution in [0.3, 0.4) is 0 Å². The van der Waals surface area contributed by atoms with E-state index < -0.39 is 8.32 Å². The van der Waals surface area contributed by atoms with Crippen molar-refractivity contribution in [3.63, 3.8) is 0 Å². The topological polar surface area (TPSA) is 18.5 Å². The summed E-state index contributed by atoms with van der Waals surface area (Å²) in [5.74, 6) is 0. The maximum atomic E-state index is 7.01. The van der Waals surface area contributed by atoms with Crippen LogP contribution in [0.5, 0.6) is 0 Å². The number of hydrogen-bond acceptors (Lipinski definition) is 2. The molecule has 0 N–H and O–H groups in total. The van der Waals surface area contributed by atoms with E-state index in [1.54, 1.807) is 0 Å². The largest absolute Gasteiger partial charge is 0.407 e. The zero-order chi connectivity index (χ0) is 27.4. The lowest BCUT2D eigenvalue weighted by atomic mass is 10.1. The van der Waals surface area contributed by atoms with Gasteiger partial charge in [0.1, 0.15) is 0 Å². The minimum absolute atomic E-state index is 0.0540. The van der Waals surface area contributed by atoms with Crippen molar-refractivity contribution < 1.29 is 9.16 Å². The number of unbranched alkanes of at least 4 members (excludes halogenated alkanes) is 10. The molecule has 0 spiro atoms. The Bertz CT molecular complexity index is 802. The molecule has 38 heavy (non-hydrogen) atoms. The molecule has 3 heteroatoms. The lowest BCUT2D eigenvalue weighted by molar-refractivity contribution is 0.134. The third-order valence-electron chi connectivity index (χ3n) is 7.49. The van der Waals surface area contributed by atoms with Crippen LogP contribution in [0.15, 0.2) is 72.8 Å². The Morgan fingerprint density at radius 1 is 0.579 bits per heavy atom. The molecule has 2 nitrogen and oxygen atoms in total. The van der Waals surface area contributed by atoms with Gasteiger partial charge < -0.3 is 9.16 Å². The van der Waals surface area contributed by atoms with Gasteiger partial charge in [-0.05, 0) is 47.5 Å². The van der Waals surface area contributed by atoms with Crippen LogP contribution in [0.25, 0.3) is 0 Å². The monoisotopic (exact) mass is 536 g/mol. The molecular formula is C35H56O2Si. The second-order valence-electron chi connectivity index (χ2n) is 11.7. The average Bonchev–Trinajstić information content (AvgIpc) is 2.92. The van der Waals surface area contributed by atoms with Gasteiger partial charge in [-0.1, -0.05) is 152 Å². The Labute approximate surface area is 236 Å². The SMILES string of the molecule is CCCCCCCCCOCCC=CCCCCCCO[Si](c1ccccc1)(c1ccccc1)C(C)(C)C. The first-order chi connectivity index (χ1) is 18.5. The van der Waals surface area contributed by atoms with Crippen molar-refractivity contribution in [1.82, 2.24) is 0 Å². The number of ether oxygens (including phenoxy) is 1. The lowest BCUT2D eigenvalue weighted by Crippen LogP contribution is -2.66. The van der Waals surface area contributed by atoms with Gasteiger partial charge >= 0.3 is 0 Å². The van der Waals surface area contributed by atoms with Crippen molar-refractivity contribution in [2.24, 2.45) is 0 Å². The number of hydrogen-bond donors (Lipinski definition) is 0. The summed E-state index contributed by atoms with van der Waals surface area (Å²) in [6.45, 7) is 12.0. The lowest BCUT2D eigenvalue weighted by Gasteiger charge is -2.43. The molecule has 0 aromatic heterocycles. The van der Waals surface area contributed by atoms with Gasteiger partial charge in [-0.25, -0.2) is 0 Å². The standard InChI is InChI=1S/C35H56O2Si/c1-5-6-7-8-11-14-23-30-36-31-24-15-12-9-10-13-16-25-32-37-38(35(2,3)4,33-26-19-17-20-27-33)34-28-21-18-22-29-34/h12,15,17-22,26-29H,5-11,13-14,16,23-25,30-32H2,1-4H3. The van der Waals surface area contributed by atoms with E-state index in [0.717, 1.165) is 32.7 Å². The average molecular weight is 537 g/mol. The van der Waals surface area contributed by atoms with Crippen LogP contribution in [0.1, 0.15) is 111 Å². The molecule has 0 radical (unpaired) electrons. The predicted molar refractivity (Wildman–Crippen MR) is 169 cm³/mol. The number of rotatable bonds is 21. The first-order valence-electron chi connectivity index (χ1n) is 15.5. The zero-order valence-electron chi connectivity index (χ0n) is 25.1. The molecular weight excluding hydrogens is 480 g/mol. The molecule has 2 aromatic rings. The summed E-state index contributed by atoms with van der Waals surface area (Å²) in [6, 6.07) is 21.9. The van der Waals surface area contributed by atoms with Crippen molar-refractivity contribution in [1.29, 1.82) is 0 Å². The summed E-state index contributed by atoms with van der Waals surface area (Å²) in [4.78, 5) is 0. The summed E-state index contributed by atoms with van der Waals surface area (Å²) < 4.78 is 12.8. The normalized spacial score (nSPS) is 12.4. The molecule has 0 aliphatic carbocycles. The highest BCUT2D eigenvalue weighted by atomic mass is 28.4. The number of benzene rings is 2. The Morgan fingerprint density at radius 3 is 1.66 bits per heavy atom. The number of allylic oxidation sites excluding steroid dienone is 1. The van der Waals surface area contributed by atoms with Gasteiger partial charge in [-0.2, -0.15) is 0 Å². The van der Waals surface area contributed by atoms with Crippen LogP contribution in [0.2, 0.25) is 5.04 Å². The summed E-state index contributed by atoms with van der Waals surface area (Å²) in [7, 11) is -2.38. The van der Waals surface area contributed by atoms with Gasteiger partial charge in [-0.3, -0.25) is 0 Å². The van der Waals surface area contributed by atoms with Crippen LogP contribution in [0, 0.1) is 0 Å². The Hall–Kier alpha value is -1.68. The van der Waals surface area contributed by atoms with E-state index in [0.29, 0.717) is 0 Å². The van der Waals surface area contributed by atoms with E-state index in [4.69, 9.17) is 9.16 Å². The van der Waals surface area contributed by atoms with Crippen LogP contribution < -0.4 is 10.4 Å². The minimum Gasteiger partial charge on any atom is -0.407 e. The Balaban J connectivity index is 1.62. The fourth-order valence-electron chi connectivity index (χ4n) is 5.36. The summed E-state index contributed by atoms with van der Waals surface area (Å²) >= 11 is 0. The third-order valence-corrected chi connectivity index (χ3v) is 12.5. The van der Waals surface area contributed by atoms with Crippen molar-refractivity contribution in [3.05, 3.63) is 72.8 Å². The summed E-state index contributed by atoms with van der Waals surface area (Å²) in [5.41, 5.74) is 0. The van der Waals surface area contributed by atoms with Gasteiger partial charge in [0.05, 0.1) is 6.61 Å². The second-order valence-corrected chi connectivity index (χ2v) is 16.0. The molecule has 0 unspecified atom stereocenters. The molecule has 0 aliphatic heterocycles. The summed E-state index contributed by atoms with van der Waals surface area (Å²) in [6.07, 6.45) is 21.2. The first kappa shape index (κ1) is 32.5. The van der Waals surface area contributed by atoms with Gasteiger partial charge in [-0.15, -0.1) is 0 Å². The highest BCUT2D eigenvalue weighted by molar-refractivity contribution is 6.99. The van der Waals surface area contributed by atoms with Crippen molar-refractivity contribution in [2.45, 2.75) is 116 Å². The molecule has 0 aliphatic rings. The van der Waals surface area contributed by atoms with Crippen LogP contribution in [-0.4, -0.2) is 28.1 Å². The van der Waals surface area contributed by atoms with Crippen molar-refractivity contribution in [3.8, 4) is 0 Å². The molecule has 0 atom stereocenters. The molecule has 0 heterocycles. The van der Waals surface area contributed by atoms with E-state index in [1.807, 2.05) is 0 Å². The van der Waals surface area contributed by atoms with Crippen LogP contribution in [0.4, 0.5) is 0 Å². The molecule has 2 aromatic carbocycles. The maximum absolute atomic E-state index is 7.01. The quantitative estimate of drug-likeness (QED) is 0.0899. The van der Waals surface area contributed by atoms with Crippen molar-refractivity contribution >= 4 is 18.7 Å². The molecule has 0 bridgehead atoms. The smallest absolute Gasteiger partial charge is 0.261 e. The van der Waals surface area contributed by atoms with Crippen LogP contribution >= 0.6 is 0 Å². The van der Waals surface area contributed by atoms with Gasteiger partial charge in [0.25, 0.3) is 8.32 Å². The fraction of sp³-hybridized carbons (Fsp3) is 0.600. The molecule has 0 fully saturated rings. The van der Waals surface area contributed by atoms with E-state index in [1.165, 1.54) is 81.0 Å². The Kier molecular flexibility index (Phi) is 16.6. The molecule has 0 amide bonds. The van der Waals surface area contributed by atoms with Gasteiger partial charge in [0.2, 0.25) is 0 Å². The summed E-state index contributed by atoms with van der Waals surface area (Å²) in [5, 5.41) is 2.80. The van der Waals surface area contributed by atoms with Gasteiger partial charge in [0, 0.05) is 13.2 Å². The molecule has 2 rings (SSSR count).